The van der Waals surface area contributed by atoms with E-state index >= 15 is 0 Å². The average molecular weight is 692 g/mol. The van der Waals surface area contributed by atoms with Crippen molar-refractivity contribution in [3.05, 3.63) is 182 Å². The number of hydrogen-bond acceptors (Lipinski definition) is 4. The lowest BCUT2D eigenvalue weighted by Crippen LogP contribution is -2.00. The van der Waals surface area contributed by atoms with Crippen molar-refractivity contribution in [3.63, 3.8) is 0 Å². The molecule has 54 heavy (non-hydrogen) atoms. The van der Waals surface area contributed by atoms with Crippen molar-refractivity contribution < 1.29 is 4.42 Å². The van der Waals surface area contributed by atoms with Crippen LogP contribution in [0.3, 0.4) is 0 Å². The van der Waals surface area contributed by atoms with Gasteiger partial charge in [0.05, 0.1) is 0 Å². The fourth-order valence-corrected chi connectivity index (χ4v) is 8.13. The van der Waals surface area contributed by atoms with Crippen LogP contribution in [0, 0.1) is 11.8 Å². The molecule has 9 aromatic rings. The normalized spacial score (nSPS) is 16.1. The lowest BCUT2D eigenvalue weighted by atomic mass is 9.95. The van der Waals surface area contributed by atoms with Gasteiger partial charge in [-0.3, -0.25) is 0 Å². The number of nitrogens with zero attached hydrogens (tertiary/aromatic N) is 3. The SMILES string of the molecule is C1=CC2CC2C(c2ccc(-c3nc(-c4ccc(-c5ccccc5)cc4)nc(-c4ccc5c(c4)oc4c6ccccc6c(-c6ccccc6)cc54)n3)cc2)=C1. The Hall–Kier alpha value is -6.91. The summed E-state index contributed by atoms with van der Waals surface area (Å²) in [6.07, 6.45) is 8.04. The van der Waals surface area contributed by atoms with Crippen LogP contribution in [0.2, 0.25) is 0 Å². The minimum atomic E-state index is 0.601. The first-order chi connectivity index (χ1) is 26.7. The molecule has 254 valence electrons. The molecule has 2 heterocycles. The minimum Gasteiger partial charge on any atom is -0.455 e. The Morgan fingerprint density at radius 3 is 1.70 bits per heavy atom. The fourth-order valence-electron chi connectivity index (χ4n) is 8.13. The van der Waals surface area contributed by atoms with E-state index < -0.39 is 0 Å². The minimum absolute atomic E-state index is 0.601. The van der Waals surface area contributed by atoms with E-state index in [1.54, 1.807) is 0 Å². The number of furan rings is 1. The fraction of sp³-hybridized carbons (Fsp3) is 0.0600. The van der Waals surface area contributed by atoms with Crippen molar-refractivity contribution in [1.82, 2.24) is 15.0 Å². The Morgan fingerprint density at radius 2 is 1.00 bits per heavy atom. The van der Waals surface area contributed by atoms with E-state index in [-0.39, 0.29) is 0 Å². The van der Waals surface area contributed by atoms with Crippen LogP contribution in [0.15, 0.2) is 180 Å². The van der Waals surface area contributed by atoms with E-state index in [1.807, 2.05) is 6.07 Å². The van der Waals surface area contributed by atoms with E-state index in [0.29, 0.717) is 29.3 Å². The molecular formula is C50H33N3O. The topological polar surface area (TPSA) is 51.8 Å². The first-order valence-corrected chi connectivity index (χ1v) is 18.6. The molecular weight excluding hydrogens is 659 g/mol. The van der Waals surface area contributed by atoms with Crippen molar-refractivity contribution in [2.75, 3.05) is 0 Å². The van der Waals surface area contributed by atoms with Crippen molar-refractivity contribution in [2.45, 2.75) is 6.42 Å². The van der Waals surface area contributed by atoms with Gasteiger partial charge in [0.2, 0.25) is 0 Å². The van der Waals surface area contributed by atoms with Gasteiger partial charge in [-0.15, -0.1) is 0 Å². The second kappa shape index (κ2) is 12.4. The third kappa shape index (κ3) is 5.26. The molecule has 2 aromatic heterocycles. The van der Waals surface area contributed by atoms with Gasteiger partial charge in [0, 0.05) is 32.8 Å². The second-order valence-electron chi connectivity index (χ2n) is 14.4. The molecule has 7 aromatic carbocycles. The molecule has 2 unspecified atom stereocenters. The summed E-state index contributed by atoms with van der Waals surface area (Å²) in [7, 11) is 0. The number of fused-ring (bicyclic) bond motifs is 6. The molecule has 11 rings (SSSR count). The molecule has 0 N–H and O–H groups in total. The Labute approximate surface area is 312 Å². The highest BCUT2D eigenvalue weighted by molar-refractivity contribution is 6.19. The summed E-state index contributed by atoms with van der Waals surface area (Å²) in [5, 5.41) is 4.41. The van der Waals surface area contributed by atoms with Crippen LogP contribution < -0.4 is 0 Å². The monoisotopic (exact) mass is 691 g/mol. The summed E-state index contributed by atoms with van der Waals surface area (Å²) in [6, 6.07) is 55.2. The predicted octanol–water partition coefficient (Wildman–Crippen LogP) is 12.8. The molecule has 2 aliphatic carbocycles. The Bertz CT molecular complexity index is 2940. The zero-order valence-electron chi connectivity index (χ0n) is 29.4. The summed E-state index contributed by atoms with van der Waals surface area (Å²) < 4.78 is 6.71. The largest absolute Gasteiger partial charge is 0.455 e. The van der Waals surface area contributed by atoms with Crippen LogP contribution in [0.4, 0.5) is 0 Å². The first-order valence-electron chi connectivity index (χ1n) is 18.6. The number of allylic oxidation sites excluding steroid dienone is 4. The number of hydrogen-bond donors (Lipinski definition) is 0. The molecule has 4 heteroatoms. The summed E-state index contributed by atoms with van der Waals surface area (Å²) in [4.78, 5) is 15.3. The highest BCUT2D eigenvalue weighted by Crippen LogP contribution is 2.51. The molecule has 2 aliphatic rings. The van der Waals surface area contributed by atoms with Crippen molar-refractivity contribution in [3.8, 4) is 56.4 Å². The number of benzene rings is 7. The molecule has 0 bridgehead atoms. The zero-order chi connectivity index (χ0) is 35.6. The Kier molecular flexibility index (Phi) is 7.02. The van der Waals surface area contributed by atoms with Gasteiger partial charge < -0.3 is 4.42 Å². The van der Waals surface area contributed by atoms with Gasteiger partial charge in [0.1, 0.15) is 11.2 Å². The highest BCUT2D eigenvalue weighted by atomic mass is 16.3. The third-order valence-electron chi connectivity index (χ3n) is 11.1. The Balaban J connectivity index is 1.04. The lowest BCUT2D eigenvalue weighted by molar-refractivity contribution is 0.673. The molecule has 0 saturated heterocycles. The Morgan fingerprint density at radius 1 is 0.444 bits per heavy atom. The van der Waals surface area contributed by atoms with Crippen molar-refractivity contribution >= 4 is 38.3 Å². The van der Waals surface area contributed by atoms with Gasteiger partial charge in [0.15, 0.2) is 17.5 Å². The molecule has 4 nitrogen and oxygen atoms in total. The van der Waals surface area contributed by atoms with Gasteiger partial charge in [-0.2, -0.15) is 0 Å². The average Bonchev–Trinajstić information content (AvgIpc) is 3.96. The number of aromatic nitrogens is 3. The van der Waals surface area contributed by atoms with Crippen molar-refractivity contribution in [1.29, 1.82) is 0 Å². The van der Waals surface area contributed by atoms with Crippen LogP contribution in [0.25, 0.3) is 94.7 Å². The predicted molar refractivity (Wildman–Crippen MR) is 221 cm³/mol. The van der Waals surface area contributed by atoms with Gasteiger partial charge in [-0.25, -0.2) is 15.0 Å². The first kappa shape index (κ1) is 30.7. The van der Waals surface area contributed by atoms with E-state index in [9.17, 15) is 0 Å². The van der Waals surface area contributed by atoms with Crippen LogP contribution in [-0.4, -0.2) is 15.0 Å². The maximum absolute atomic E-state index is 6.71. The standard InChI is InChI=1S/C50H33N3O/c1-3-10-31(11-4-1)32-18-22-35(23-19-32)48-51-49(36-24-20-34(21-25-36)39-17-9-14-37-28-43(37)39)53-50(52-48)38-26-27-41-45-30-44(33-12-5-2-6-13-33)40-15-7-8-16-42(40)47(45)54-46(41)29-38/h1-27,29-30,37,43H,28H2. The van der Waals surface area contributed by atoms with Crippen LogP contribution in [0.1, 0.15) is 12.0 Å². The molecule has 0 spiro atoms. The molecule has 1 saturated carbocycles. The van der Waals surface area contributed by atoms with Gasteiger partial charge >= 0.3 is 0 Å². The molecule has 1 fully saturated rings. The van der Waals surface area contributed by atoms with E-state index in [2.05, 4.69) is 170 Å². The quantitative estimate of drug-likeness (QED) is 0.174. The zero-order valence-corrected chi connectivity index (χ0v) is 29.4. The van der Waals surface area contributed by atoms with Crippen molar-refractivity contribution in [2.24, 2.45) is 11.8 Å². The second-order valence-corrected chi connectivity index (χ2v) is 14.4. The van der Waals surface area contributed by atoms with E-state index in [1.165, 1.54) is 39.6 Å². The van der Waals surface area contributed by atoms with Crippen LogP contribution in [0.5, 0.6) is 0 Å². The summed E-state index contributed by atoms with van der Waals surface area (Å²) in [5.41, 5.74) is 11.8. The summed E-state index contributed by atoms with van der Waals surface area (Å²) >= 11 is 0. The molecule has 0 amide bonds. The smallest absolute Gasteiger partial charge is 0.164 e. The van der Waals surface area contributed by atoms with Crippen LogP contribution in [-0.2, 0) is 0 Å². The van der Waals surface area contributed by atoms with E-state index in [0.717, 1.165) is 49.6 Å². The lowest BCUT2D eigenvalue weighted by Gasteiger charge is -2.11. The van der Waals surface area contributed by atoms with E-state index in [4.69, 9.17) is 19.4 Å². The highest BCUT2D eigenvalue weighted by Gasteiger charge is 2.39. The van der Waals surface area contributed by atoms with Crippen LogP contribution >= 0.6 is 0 Å². The molecule has 2 atom stereocenters. The maximum Gasteiger partial charge on any atom is 0.164 e. The molecule has 0 radical (unpaired) electrons. The maximum atomic E-state index is 6.71. The van der Waals surface area contributed by atoms with Gasteiger partial charge in [-0.1, -0.05) is 158 Å². The molecule has 0 aliphatic heterocycles. The number of rotatable bonds is 6. The summed E-state index contributed by atoms with van der Waals surface area (Å²) in [6.45, 7) is 0. The van der Waals surface area contributed by atoms with Gasteiger partial charge in [0.25, 0.3) is 0 Å². The van der Waals surface area contributed by atoms with Gasteiger partial charge in [-0.05, 0) is 75.2 Å². The third-order valence-corrected chi connectivity index (χ3v) is 11.1. The summed E-state index contributed by atoms with van der Waals surface area (Å²) in [5.74, 6) is 3.21.